The molecule has 64 heavy (non-hydrogen) atoms. The molecule has 0 saturated heterocycles. The van der Waals surface area contributed by atoms with Crippen molar-refractivity contribution in [3.63, 3.8) is 0 Å². The smallest absolute Gasteiger partial charge is 0.136 e. The van der Waals surface area contributed by atoms with Crippen LogP contribution in [0.2, 0.25) is 0 Å². The lowest BCUT2D eigenvalue weighted by molar-refractivity contribution is 0.669. The highest BCUT2D eigenvalue weighted by atomic mass is 32.1. The minimum absolute atomic E-state index is 0.902. The maximum Gasteiger partial charge on any atom is 0.136 e. The molecule has 3 heterocycles. The molecule has 13 rings (SSSR count). The Bertz CT molecular complexity index is 3720. The molecule has 0 N–H and O–H groups in total. The third kappa shape index (κ3) is 6.06. The lowest BCUT2D eigenvalue weighted by atomic mass is 9.98. The summed E-state index contributed by atoms with van der Waals surface area (Å²) in [7, 11) is 0. The predicted octanol–water partition coefficient (Wildman–Crippen LogP) is 18.5. The quantitative estimate of drug-likeness (QED) is 0.159. The second kappa shape index (κ2) is 15.0. The normalized spacial score (nSPS) is 11.8. The Morgan fingerprint density at radius 1 is 0.281 bits per heavy atom. The Balaban J connectivity index is 0.871. The molecule has 0 radical (unpaired) electrons. The van der Waals surface area contributed by atoms with Gasteiger partial charge in [0.15, 0.2) is 0 Å². The number of fused-ring (bicyclic) bond motifs is 9. The van der Waals surface area contributed by atoms with Crippen LogP contribution in [0.4, 0.5) is 17.1 Å². The van der Waals surface area contributed by atoms with Crippen LogP contribution >= 0.6 is 22.7 Å². The first kappa shape index (κ1) is 36.9. The van der Waals surface area contributed by atoms with Crippen molar-refractivity contribution in [1.82, 2.24) is 0 Å². The number of rotatable bonds is 7. The van der Waals surface area contributed by atoms with Gasteiger partial charge in [-0.05, 0) is 111 Å². The number of hydrogen-bond acceptors (Lipinski definition) is 4. The molecule has 0 fully saturated rings. The number of furan rings is 1. The highest BCUT2D eigenvalue weighted by Crippen LogP contribution is 2.44. The fourth-order valence-electron chi connectivity index (χ4n) is 9.68. The van der Waals surface area contributed by atoms with Crippen LogP contribution in [0.25, 0.3) is 107 Å². The van der Waals surface area contributed by atoms with Crippen LogP contribution in [-0.2, 0) is 0 Å². The maximum atomic E-state index is 6.26. The standard InChI is InChI=1S/C60H37NOS2/c1-4-17-53-51(11-1)58-46(13-8-18-54(58)62-53)40-28-34-44(35-29-40)61(45-36-30-41(31-37-45)47-14-9-21-57-59(47)52-12-3-6-20-56(52)63-57)43-32-26-39(27-33-43)38-22-24-42(25-23-38)48-15-7-16-50-49-10-2-5-19-55(49)64-60(48)50/h1-37H. The molecule has 0 atom stereocenters. The molecule has 0 aliphatic rings. The number of thiophene rings is 2. The molecule has 3 aromatic heterocycles. The molecule has 0 aliphatic carbocycles. The molecule has 0 aliphatic heterocycles. The summed E-state index contributed by atoms with van der Waals surface area (Å²) in [6.45, 7) is 0. The van der Waals surface area contributed by atoms with E-state index in [-0.39, 0.29) is 0 Å². The number of anilines is 3. The summed E-state index contributed by atoms with van der Waals surface area (Å²) in [5.41, 5.74) is 14.7. The van der Waals surface area contributed by atoms with Crippen LogP contribution in [0, 0.1) is 0 Å². The zero-order valence-electron chi connectivity index (χ0n) is 34.5. The Morgan fingerprint density at radius 2 is 0.719 bits per heavy atom. The van der Waals surface area contributed by atoms with Gasteiger partial charge in [0.1, 0.15) is 11.2 Å². The third-order valence-corrected chi connectivity index (χ3v) is 15.1. The summed E-state index contributed by atoms with van der Waals surface area (Å²) in [5, 5.41) is 7.56. The zero-order chi connectivity index (χ0) is 42.1. The highest BCUT2D eigenvalue weighted by Gasteiger charge is 2.18. The van der Waals surface area contributed by atoms with Gasteiger partial charge in [-0.25, -0.2) is 0 Å². The predicted molar refractivity (Wildman–Crippen MR) is 276 cm³/mol. The van der Waals surface area contributed by atoms with Crippen LogP contribution in [0.3, 0.4) is 0 Å². The molecule has 0 spiro atoms. The minimum atomic E-state index is 0.902. The molecule has 13 aromatic rings. The molecule has 0 saturated carbocycles. The van der Waals surface area contributed by atoms with Gasteiger partial charge < -0.3 is 9.32 Å². The van der Waals surface area contributed by atoms with Crippen LogP contribution < -0.4 is 4.90 Å². The molecule has 300 valence electrons. The first-order chi connectivity index (χ1) is 31.7. The average Bonchev–Trinajstić information content (AvgIpc) is 4.07. The van der Waals surface area contributed by atoms with Crippen molar-refractivity contribution < 1.29 is 4.42 Å². The summed E-state index contributed by atoms with van der Waals surface area (Å²) in [6, 6.07) is 81.6. The summed E-state index contributed by atoms with van der Waals surface area (Å²) in [4.78, 5) is 2.36. The third-order valence-electron chi connectivity index (χ3n) is 12.7. The van der Waals surface area contributed by atoms with Gasteiger partial charge in [-0.15, -0.1) is 22.7 Å². The number of para-hydroxylation sites is 1. The van der Waals surface area contributed by atoms with Gasteiger partial charge in [-0.3, -0.25) is 0 Å². The monoisotopic (exact) mass is 851 g/mol. The molecular formula is C60H37NOS2. The Hall–Kier alpha value is -7.76. The summed E-state index contributed by atoms with van der Waals surface area (Å²) in [5.74, 6) is 0. The molecule has 0 amide bonds. The van der Waals surface area contributed by atoms with Gasteiger partial charge in [0.25, 0.3) is 0 Å². The van der Waals surface area contributed by atoms with E-state index in [9.17, 15) is 0 Å². The van der Waals surface area contributed by atoms with Gasteiger partial charge in [-0.1, -0.05) is 158 Å². The summed E-state index contributed by atoms with van der Waals surface area (Å²) < 4.78 is 11.6. The maximum absolute atomic E-state index is 6.26. The molecule has 0 unspecified atom stereocenters. The molecule has 2 nitrogen and oxygen atoms in total. The molecular weight excluding hydrogens is 815 g/mol. The Labute approximate surface area is 378 Å². The van der Waals surface area contributed by atoms with Gasteiger partial charge in [0.2, 0.25) is 0 Å². The summed E-state index contributed by atoms with van der Waals surface area (Å²) >= 11 is 3.74. The first-order valence-electron chi connectivity index (χ1n) is 21.6. The van der Waals surface area contributed by atoms with Crippen LogP contribution in [0.15, 0.2) is 229 Å². The molecule has 4 heteroatoms. The van der Waals surface area contributed by atoms with E-state index >= 15 is 0 Å². The minimum Gasteiger partial charge on any atom is -0.456 e. The highest BCUT2D eigenvalue weighted by molar-refractivity contribution is 7.26. The van der Waals surface area contributed by atoms with Crippen LogP contribution in [0.1, 0.15) is 0 Å². The lowest BCUT2D eigenvalue weighted by Crippen LogP contribution is -2.09. The fraction of sp³-hybridized carbons (Fsp3) is 0. The first-order valence-corrected chi connectivity index (χ1v) is 23.3. The van der Waals surface area contributed by atoms with Crippen molar-refractivity contribution in [2.45, 2.75) is 0 Å². The van der Waals surface area contributed by atoms with E-state index in [1.54, 1.807) is 0 Å². The van der Waals surface area contributed by atoms with Gasteiger partial charge in [0, 0.05) is 68.2 Å². The van der Waals surface area contributed by atoms with Crippen molar-refractivity contribution >= 4 is 102 Å². The molecule has 10 aromatic carbocycles. The van der Waals surface area contributed by atoms with Crippen molar-refractivity contribution in [2.75, 3.05) is 4.90 Å². The number of hydrogen-bond donors (Lipinski definition) is 0. The number of nitrogens with zero attached hydrogens (tertiary/aromatic N) is 1. The van der Waals surface area contributed by atoms with E-state index in [2.05, 4.69) is 217 Å². The van der Waals surface area contributed by atoms with Gasteiger partial charge in [-0.2, -0.15) is 0 Å². The lowest BCUT2D eigenvalue weighted by Gasteiger charge is -2.26. The second-order valence-corrected chi connectivity index (χ2v) is 18.5. The SMILES string of the molecule is c1ccc2c(c1)oc1cccc(-c3ccc(N(c4ccc(-c5ccc(-c6cccc7c6sc6ccccc67)cc5)cc4)c4ccc(-c5cccc6sc7ccccc7c56)cc4)cc3)c12. The molecule has 0 bridgehead atoms. The van der Waals surface area contributed by atoms with Gasteiger partial charge >= 0.3 is 0 Å². The van der Waals surface area contributed by atoms with Crippen molar-refractivity contribution in [3.8, 4) is 44.5 Å². The van der Waals surface area contributed by atoms with E-state index < -0.39 is 0 Å². The zero-order valence-corrected chi connectivity index (χ0v) is 36.2. The van der Waals surface area contributed by atoms with Crippen LogP contribution in [0.5, 0.6) is 0 Å². The van der Waals surface area contributed by atoms with E-state index in [0.29, 0.717) is 0 Å². The van der Waals surface area contributed by atoms with Crippen molar-refractivity contribution in [3.05, 3.63) is 224 Å². The second-order valence-electron chi connectivity index (χ2n) is 16.4. The van der Waals surface area contributed by atoms with Crippen LogP contribution in [-0.4, -0.2) is 0 Å². The van der Waals surface area contributed by atoms with Gasteiger partial charge in [0.05, 0.1) is 0 Å². The fourth-order valence-corrected chi connectivity index (χ4v) is 12.0. The largest absolute Gasteiger partial charge is 0.456 e. The van der Waals surface area contributed by atoms with E-state index in [1.165, 1.54) is 73.7 Å². The van der Waals surface area contributed by atoms with Crippen molar-refractivity contribution in [2.24, 2.45) is 0 Å². The average molecular weight is 852 g/mol. The Kier molecular flexibility index (Phi) is 8.61. The topological polar surface area (TPSA) is 16.4 Å². The Morgan fingerprint density at radius 3 is 1.41 bits per heavy atom. The van der Waals surface area contributed by atoms with Crippen molar-refractivity contribution in [1.29, 1.82) is 0 Å². The van der Waals surface area contributed by atoms with E-state index in [4.69, 9.17) is 4.42 Å². The van der Waals surface area contributed by atoms with E-state index in [0.717, 1.165) is 50.1 Å². The number of benzene rings is 10. The van der Waals surface area contributed by atoms with E-state index in [1.807, 2.05) is 34.8 Å². The summed E-state index contributed by atoms with van der Waals surface area (Å²) in [6.07, 6.45) is 0.